The summed E-state index contributed by atoms with van der Waals surface area (Å²) in [5, 5.41) is 12.0. The molecule has 1 aromatic rings. The molecule has 0 radical (unpaired) electrons. The second-order valence-electron chi connectivity index (χ2n) is 3.89. The van der Waals surface area contributed by atoms with Gasteiger partial charge in [-0.3, -0.25) is 0 Å². The molecule has 1 atom stereocenters. The van der Waals surface area contributed by atoms with E-state index in [1.54, 1.807) is 6.07 Å². The van der Waals surface area contributed by atoms with Crippen LogP contribution in [0.5, 0.6) is 0 Å². The number of nitrogens with zero attached hydrogens (tertiary/aromatic N) is 1. The zero-order valence-corrected chi connectivity index (χ0v) is 8.46. The van der Waals surface area contributed by atoms with E-state index in [1.165, 1.54) is 12.1 Å². The molecule has 15 heavy (non-hydrogen) atoms. The van der Waals surface area contributed by atoms with Gasteiger partial charge in [-0.1, -0.05) is 0 Å². The minimum atomic E-state index is -0.192. The molecule has 0 saturated carbocycles. The van der Waals surface area contributed by atoms with Gasteiger partial charge in [-0.15, -0.1) is 0 Å². The lowest BCUT2D eigenvalue weighted by Crippen LogP contribution is -2.28. The minimum Gasteiger partial charge on any atom is -0.316 e. The second kappa shape index (κ2) is 4.41. The van der Waals surface area contributed by atoms with E-state index in [4.69, 9.17) is 5.26 Å². The molecule has 0 unspecified atom stereocenters. The van der Waals surface area contributed by atoms with Crippen molar-refractivity contribution in [2.75, 3.05) is 13.1 Å². The Hall–Kier alpha value is -1.40. The van der Waals surface area contributed by atoms with Gasteiger partial charge in [0.15, 0.2) is 0 Å². The van der Waals surface area contributed by atoms with Gasteiger partial charge < -0.3 is 5.32 Å². The van der Waals surface area contributed by atoms with Gasteiger partial charge in [0.1, 0.15) is 5.82 Å². The van der Waals surface area contributed by atoms with Gasteiger partial charge in [0.05, 0.1) is 11.6 Å². The zero-order chi connectivity index (χ0) is 10.7. The molecule has 78 valence electrons. The largest absolute Gasteiger partial charge is 0.316 e. The molecule has 0 aromatic heterocycles. The lowest BCUT2D eigenvalue weighted by molar-refractivity contribution is 0.446. The quantitative estimate of drug-likeness (QED) is 0.761. The van der Waals surface area contributed by atoms with Gasteiger partial charge in [-0.2, -0.15) is 5.26 Å². The van der Waals surface area contributed by atoms with E-state index in [2.05, 4.69) is 5.32 Å². The Bertz CT molecular complexity index is 389. The maximum atomic E-state index is 13.6. The number of piperidine rings is 1. The predicted molar refractivity (Wildman–Crippen MR) is 56.0 cm³/mol. The first kappa shape index (κ1) is 10.1. The van der Waals surface area contributed by atoms with E-state index >= 15 is 0 Å². The molecule has 1 aliphatic heterocycles. The van der Waals surface area contributed by atoms with Crippen molar-refractivity contribution in [3.8, 4) is 6.07 Å². The molecule has 1 N–H and O–H groups in total. The van der Waals surface area contributed by atoms with Crippen molar-refractivity contribution in [3.05, 3.63) is 35.1 Å². The number of hydrogen-bond donors (Lipinski definition) is 1. The molecule has 0 amide bonds. The molecule has 1 saturated heterocycles. The Morgan fingerprint density at radius 1 is 1.47 bits per heavy atom. The summed E-state index contributed by atoms with van der Waals surface area (Å²) in [6.07, 6.45) is 2.07. The lowest BCUT2D eigenvalue weighted by Gasteiger charge is -2.23. The first-order chi connectivity index (χ1) is 7.31. The second-order valence-corrected chi connectivity index (χ2v) is 3.89. The Morgan fingerprint density at radius 2 is 2.33 bits per heavy atom. The van der Waals surface area contributed by atoms with Crippen LogP contribution in [0, 0.1) is 17.1 Å². The molecule has 1 aliphatic rings. The highest BCUT2D eigenvalue weighted by Crippen LogP contribution is 2.26. The molecule has 1 heterocycles. The van der Waals surface area contributed by atoms with E-state index < -0.39 is 0 Å². The van der Waals surface area contributed by atoms with Gasteiger partial charge >= 0.3 is 0 Å². The summed E-state index contributed by atoms with van der Waals surface area (Å²) in [6.45, 7) is 1.82. The van der Waals surface area contributed by atoms with Crippen LogP contribution in [-0.4, -0.2) is 13.1 Å². The molecule has 0 aliphatic carbocycles. The Morgan fingerprint density at radius 3 is 3.00 bits per heavy atom. The first-order valence-corrected chi connectivity index (χ1v) is 5.21. The fourth-order valence-corrected chi connectivity index (χ4v) is 2.04. The SMILES string of the molecule is N#Cc1ccc(F)c([C@@H]2CCCNC2)c1. The van der Waals surface area contributed by atoms with Gasteiger partial charge in [0, 0.05) is 6.54 Å². The Kier molecular flexibility index (Phi) is 2.98. The first-order valence-electron chi connectivity index (χ1n) is 5.21. The van der Waals surface area contributed by atoms with Crippen LogP contribution < -0.4 is 5.32 Å². The van der Waals surface area contributed by atoms with E-state index in [9.17, 15) is 4.39 Å². The molecule has 0 bridgehead atoms. The fourth-order valence-electron chi connectivity index (χ4n) is 2.04. The summed E-state index contributed by atoms with van der Waals surface area (Å²) in [5.41, 5.74) is 1.22. The number of rotatable bonds is 1. The van der Waals surface area contributed by atoms with Crippen LogP contribution in [0.4, 0.5) is 4.39 Å². The Labute approximate surface area is 88.7 Å². The highest BCUT2D eigenvalue weighted by atomic mass is 19.1. The molecule has 0 spiro atoms. The zero-order valence-electron chi connectivity index (χ0n) is 8.46. The van der Waals surface area contributed by atoms with Crippen LogP contribution in [0.3, 0.4) is 0 Å². The van der Waals surface area contributed by atoms with E-state index in [0.29, 0.717) is 11.1 Å². The molecule has 2 rings (SSSR count). The van der Waals surface area contributed by atoms with Crippen LogP contribution in [0.2, 0.25) is 0 Å². The third-order valence-electron chi connectivity index (χ3n) is 2.86. The van der Waals surface area contributed by atoms with Crippen LogP contribution in [-0.2, 0) is 0 Å². The molecule has 2 nitrogen and oxygen atoms in total. The molecular formula is C12H13FN2. The average molecular weight is 204 g/mol. The summed E-state index contributed by atoms with van der Waals surface area (Å²) in [7, 11) is 0. The van der Waals surface area contributed by atoms with Crippen LogP contribution in [0.25, 0.3) is 0 Å². The lowest BCUT2D eigenvalue weighted by atomic mass is 9.90. The van der Waals surface area contributed by atoms with Gasteiger partial charge in [-0.25, -0.2) is 4.39 Å². The summed E-state index contributed by atoms with van der Waals surface area (Å²) in [5.74, 6) is 0.0229. The highest BCUT2D eigenvalue weighted by Gasteiger charge is 2.18. The summed E-state index contributed by atoms with van der Waals surface area (Å²) in [4.78, 5) is 0. The van der Waals surface area contributed by atoms with Gasteiger partial charge in [-0.05, 0) is 49.1 Å². The van der Waals surface area contributed by atoms with E-state index in [1.807, 2.05) is 6.07 Å². The topological polar surface area (TPSA) is 35.8 Å². The van der Waals surface area contributed by atoms with Crippen molar-refractivity contribution < 1.29 is 4.39 Å². The third-order valence-corrected chi connectivity index (χ3v) is 2.86. The number of nitriles is 1. The molecule has 1 aromatic carbocycles. The third kappa shape index (κ3) is 2.16. The van der Waals surface area contributed by atoms with Crippen LogP contribution in [0.1, 0.15) is 29.9 Å². The Balaban J connectivity index is 2.29. The van der Waals surface area contributed by atoms with Crippen molar-refractivity contribution in [2.45, 2.75) is 18.8 Å². The minimum absolute atomic E-state index is 0.192. The van der Waals surface area contributed by atoms with Crippen LogP contribution >= 0.6 is 0 Å². The summed E-state index contributed by atoms with van der Waals surface area (Å²) in [6, 6.07) is 6.63. The fraction of sp³-hybridized carbons (Fsp3) is 0.417. The smallest absolute Gasteiger partial charge is 0.126 e. The number of hydrogen-bond acceptors (Lipinski definition) is 2. The van der Waals surface area contributed by atoms with E-state index in [-0.39, 0.29) is 11.7 Å². The van der Waals surface area contributed by atoms with Crippen molar-refractivity contribution in [1.82, 2.24) is 5.32 Å². The number of halogens is 1. The summed E-state index contributed by atoms with van der Waals surface area (Å²) < 4.78 is 13.6. The van der Waals surface area contributed by atoms with Crippen molar-refractivity contribution in [3.63, 3.8) is 0 Å². The monoisotopic (exact) mass is 204 g/mol. The van der Waals surface area contributed by atoms with Crippen molar-refractivity contribution >= 4 is 0 Å². The maximum absolute atomic E-state index is 13.6. The summed E-state index contributed by atoms with van der Waals surface area (Å²) >= 11 is 0. The van der Waals surface area contributed by atoms with Crippen LogP contribution in [0.15, 0.2) is 18.2 Å². The maximum Gasteiger partial charge on any atom is 0.126 e. The standard InChI is InChI=1S/C12H13FN2/c13-12-4-3-9(7-14)6-11(12)10-2-1-5-15-8-10/h3-4,6,10,15H,1-2,5,8H2/t10-/m1/s1. The molecular weight excluding hydrogens is 191 g/mol. The average Bonchev–Trinajstić information content (AvgIpc) is 2.31. The van der Waals surface area contributed by atoms with Gasteiger partial charge in [0.2, 0.25) is 0 Å². The van der Waals surface area contributed by atoms with Gasteiger partial charge in [0.25, 0.3) is 0 Å². The molecule has 1 fully saturated rings. The van der Waals surface area contributed by atoms with Crippen molar-refractivity contribution in [1.29, 1.82) is 5.26 Å². The molecule has 3 heteroatoms. The van der Waals surface area contributed by atoms with Crippen molar-refractivity contribution in [2.24, 2.45) is 0 Å². The number of benzene rings is 1. The normalized spacial score (nSPS) is 20.9. The predicted octanol–water partition coefficient (Wildman–Crippen LogP) is 2.16. The highest BCUT2D eigenvalue weighted by molar-refractivity contribution is 5.35. The van der Waals surface area contributed by atoms with E-state index in [0.717, 1.165) is 25.9 Å². The number of nitrogens with one attached hydrogen (secondary N) is 1.